The maximum atomic E-state index is 6.32. The summed E-state index contributed by atoms with van der Waals surface area (Å²) in [6, 6.07) is 5.54. The van der Waals surface area contributed by atoms with Crippen molar-refractivity contribution in [3.05, 3.63) is 46.5 Å². The van der Waals surface area contributed by atoms with E-state index in [0.29, 0.717) is 28.4 Å². The minimum atomic E-state index is 0.526. The molecule has 1 aliphatic heterocycles. The molecular formula is C19H21Cl2N5. The highest BCUT2D eigenvalue weighted by atomic mass is 35.5. The Balaban J connectivity index is 1.71. The molecule has 136 valence electrons. The molecule has 1 fully saturated rings. The van der Waals surface area contributed by atoms with Crippen LogP contribution in [0, 0.1) is 11.8 Å². The molecule has 2 atom stereocenters. The van der Waals surface area contributed by atoms with Crippen LogP contribution in [0.3, 0.4) is 0 Å². The number of aromatic nitrogens is 4. The molecule has 0 unspecified atom stereocenters. The van der Waals surface area contributed by atoms with E-state index in [1.807, 2.05) is 22.8 Å². The molecule has 7 heteroatoms. The first-order valence-electron chi connectivity index (χ1n) is 8.86. The number of hydrogen-bond donors (Lipinski definition) is 0. The lowest BCUT2D eigenvalue weighted by atomic mass is 9.92. The fraction of sp³-hybridized carbons (Fsp3) is 0.421. The first kappa shape index (κ1) is 17.6. The van der Waals surface area contributed by atoms with Gasteiger partial charge in [-0.2, -0.15) is 0 Å². The van der Waals surface area contributed by atoms with Crippen molar-refractivity contribution in [1.82, 2.24) is 19.5 Å². The van der Waals surface area contributed by atoms with E-state index in [-0.39, 0.29) is 0 Å². The molecule has 0 aliphatic carbocycles. The van der Waals surface area contributed by atoms with Crippen molar-refractivity contribution in [3.8, 4) is 0 Å². The zero-order chi connectivity index (χ0) is 18.3. The van der Waals surface area contributed by atoms with Crippen LogP contribution >= 0.6 is 23.2 Å². The van der Waals surface area contributed by atoms with Gasteiger partial charge in [0.1, 0.15) is 6.33 Å². The third-order valence-corrected chi connectivity index (χ3v) is 5.65. The highest BCUT2D eigenvalue weighted by molar-refractivity contribution is 6.36. The van der Waals surface area contributed by atoms with Crippen molar-refractivity contribution in [3.63, 3.8) is 0 Å². The summed E-state index contributed by atoms with van der Waals surface area (Å²) in [5, 5.41) is 1.29. The first-order valence-corrected chi connectivity index (χ1v) is 9.62. The number of anilines is 1. The number of fused-ring (bicyclic) bond motifs is 1. The number of nitrogens with zero attached hydrogens (tertiary/aromatic N) is 5. The van der Waals surface area contributed by atoms with E-state index in [2.05, 4.69) is 33.7 Å². The zero-order valence-electron chi connectivity index (χ0n) is 14.9. The minimum Gasteiger partial charge on any atom is -0.354 e. The number of imidazole rings is 1. The average molecular weight is 390 g/mol. The normalized spacial score (nSPS) is 20.7. The van der Waals surface area contributed by atoms with Gasteiger partial charge >= 0.3 is 0 Å². The molecule has 26 heavy (non-hydrogen) atoms. The Labute approximate surface area is 163 Å². The van der Waals surface area contributed by atoms with Crippen LogP contribution in [0.2, 0.25) is 10.0 Å². The lowest BCUT2D eigenvalue weighted by Crippen LogP contribution is -2.39. The molecule has 1 aromatic carbocycles. The second-order valence-corrected chi connectivity index (χ2v) is 8.11. The molecule has 3 aromatic rings. The fourth-order valence-corrected chi connectivity index (χ4v) is 4.42. The highest BCUT2D eigenvalue weighted by Gasteiger charge is 2.25. The summed E-state index contributed by atoms with van der Waals surface area (Å²) in [6.07, 6.45) is 4.66. The Kier molecular flexibility index (Phi) is 4.76. The van der Waals surface area contributed by atoms with Crippen molar-refractivity contribution < 1.29 is 0 Å². The number of piperidine rings is 1. The Hall–Kier alpha value is -1.85. The molecule has 0 bridgehead atoms. The molecular weight excluding hydrogens is 369 g/mol. The SMILES string of the molecule is C[C@H]1C[C@H](C)CN(c2ncnc3c2ncn3Cc2c(Cl)cccc2Cl)C1. The summed E-state index contributed by atoms with van der Waals surface area (Å²) in [5.41, 5.74) is 2.50. The summed E-state index contributed by atoms with van der Waals surface area (Å²) in [6.45, 7) is 7.11. The smallest absolute Gasteiger partial charge is 0.165 e. The van der Waals surface area contributed by atoms with Gasteiger partial charge in [-0.15, -0.1) is 0 Å². The van der Waals surface area contributed by atoms with Gasteiger partial charge in [0.05, 0.1) is 12.9 Å². The molecule has 0 radical (unpaired) electrons. The average Bonchev–Trinajstić information content (AvgIpc) is 3.00. The van der Waals surface area contributed by atoms with E-state index >= 15 is 0 Å². The van der Waals surface area contributed by atoms with Crippen LogP contribution < -0.4 is 4.90 Å². The standard InChI is InChI=1S/C19H21Cl2N5/c1-12-6-13(2)8-25(7-12)18-17-19(23-10-22-18)26(11-24-17)9-14-15(20)4-3-5-16(14)21/h3-5,10-13H,6-9H2,1-2H3/t12-,13-/m0/s1. The van der Waals surface area contributed by atoms with Gasteiger partial charge in [0.2, 0.25) is 0 Å². The van der Waals surface area contributed by atoms with Gasteiger partial charge < -0.3 is 9.47 Å². The van der Waals surface area contributed by atoms with Gasteiger partial charge in [0.15, 0.2) is 17.0 Å². The van der Waals surface area contributed by atoms with E-state index in [0.717, 1.165) is 35.6 Å². The van der Waals surface area contributed by atoms with Gasteiger partial charge in [0, 0.05) is 28.7 Å². The van der Waals surface area contributed by atoms with Crippen molar-refractivity contribution >= 4 is 40.2 Å². The van der Waals surface area contributed by atoms with E-state index in [1.54, 1.807) is 12.7 Å². The fourth-order valence-electron chi connectivity index (χ4n) is 3.91. The Morgan fingerprint density at radius 3 is 2.42 bits per heavy atom. The number of hydrogen-bond acceptors (Lipinski definition) is 4. The van der Waals surface area contributed by atoms with Crippen molar-refractivity contribution in [2.75, 3.05) is 18.0 Å². The van der Waals surface area contributed by atoms with Crippen LogP contribution in [-0.4, -0.2) is 32.6 Å². The van der Waals surface area contributed by atoms with Crippen molar-refractivity contribution in [1.29, 1.82) is 0 Å². The lowest BCUT2D eigenvalue weighted by Gasteiger charge is -2.35. The van der Waals surface area contributed by atoms with E-state index < -0.39 is 0 Å². The predicted molar refractivity (Wildman–Crippen MR) is 106 cm³/mol. The van der Waals surface area contributed by atoms with Gasteiger partial charge in [0.25, 0.3) is 0 Å². The minimum absolute atomic E-state index is 0.526. The Morgan fingerprint density at radius 2 is 1.73 bits per heavy atom. The summed E-state index contributed by atoms with van der Waals surface area (Å²) in [4.78, 5) is 16.0. The molecule has 1 aliphatic rings. The Bertz CT molecular complexity index is 909. The second-order valence-electron chi connectivity index (χ2n) is 7.29. The lowest BCUT2D eigenvalue weighted by molar-refractivity contribution is 0.355. The van der Waals surface area contributed by atoms with Crippen molar-refractivity contribution in [2.45, 2.75) is 26.8 Å². The highest BCUT2D eigenvalue weighted by Crippen LogP contribution is 2.30. The zero-order valence-corrected chi connectivity index (χ0v) is 16.4. The van der Waals surface area contributed by atoms with E-state index in [1.165, 1.54) is 6.42 Å². The van der Waals surface area contributed by atoms with Crippen LogP contribution in [0.5, 0.6) is 0 Å². The van der Waals surface area contributed by atoms with Crippen molar-refractivity contribution in [2.24, 2.45) is 11.8 Å². The van der Waals surface area contributed by atoms with Crippen LogP contribution in [0.4, 0.5) is 5.82 Å². The van der Waals surface area contributed by atoms with Crippen LogP contribution in [-0.2, 0) is 6.54 Å². The molecule has 0 saturated carbocycles. The summed E-state index contributed by atoms with van der Waals surface area (Å²) in [7, 11) is 0. The third-order valence-electron chi connectivity index (χ3n) is 4.94. The summed E-state index contributed by atoms with van der Waals surface area (Å²) < 4.78 is 1.98. The predicted octanol–water partition coefficient (Wildman–Crippen LogP) is 4.66. The summed E-state index contributed by atoms with van der Waals surface area (Å²) in [5.74, 6) is 2.21. The number of benzene rings is 1. The number of halogens is 2. The first-order chi connectivity index (χ1) is 12.5. The van der Waals surface area contributed by atoms with Gasteiger partial charge in [-0.1, -0.05) is 43.1 Å². The molecule has 0 N–H and O–H groups in total. The van der Waals surface area contributed by atoms with Crippen LogP contribution in [0.25, 0.3) is 11.2 Å². The second kappa shape index (κ2) is 7.05. The maximum absolute atomic E-state index is 6.32. The van der Waals surface area contributed by atoms with Gasteiger partial charge in [-0.05, 0) is 30.4 Å². The van der Waals surface area contributed by atoms with Gasteiger partial charge in [-0.3, -0.25) is 0 Å². The molecule has 0 spiro atoms. The van der Waals surface area contributed by atoms with Crippen LogP contribution in [0.1, 0.15) is 25.8 Å². The van der Waals surface area contributed by atoms with E-state index in [4.69, 9.17) is 23.2 Å². The van der Waals surface area contributed by atoms with Gasteiger partial charge in [-0.25, -0.2) is 15.0 Å². The molecule has 0 amide bonds. The topological polar surface area (TPSA) is 46.8 Å². The quantitative estimate of drug-likeness (QED) is 0.653. The molecule has 3 heterocycles. The molecule has 1 saturated heterocycles. The van der Waals surface area contributed by atoms with E-state index in [9.17, 15) is 0 Å². The van der Waals surface area contributed by atoms with Crippen LogP contribution in [0.15, 0.2) is 30.9 Å². The largest absolute Gasteiger partial charge is 0.354 e. The monoisotopic (exact) mass is 389 g/mol. The maximum Gasteiger partial charge on any atom is 0.165 e. The number of rotatable bonds is 3. The Morgan fingerprint density at radius 1 is 1.04 bits per heavy atom. The molecule has 5 nitrogen and oxygen atoms in total. The summed E-state index contributed by atoms with van der Waals surface area (Å²) >= 11 is 12.6. The third kappa shape index (κ3) is 3.26. The molecule has 4 rings (SSSR count). The molecule has 2 aromatic heterocycles.